The number of anilines is 1. The number of nitrogens with one attached hydrogen (secondary N) is 3. The fourth-order valence-corrected chi connectivity index (χ4v) is 3.06. The SMILES string of the molecule is CCc1ccccc1NC(=O)CNC(=O)C[NH+](C)Cc1ccc(OC)c(OC)c1. The summed E-state index contributed by atoms with van der Waals surface area (Å²) in [7, 11) is 5.11. The minimum atomic E-state index is -0.239. The summed E-state index contributed by atoms with van der Waals surface area (Å²) in [6, 6.07) is 13.3. The molecule has 0 fully saturated rings. The number of rotatable bonds is 10. The highest BCUT2D eigenvalue weighted by Crippen LogP contribution is 2.27. The van der Waals surface area contributed by atoms with E-state index in [1.165, 1.54) is 0 Å². The second kappa shape index (κ2) is 11.1. The van der Waals surface area contributed by atoms with Crippen molar-refractivity contribution in [3.8, 4) is 11.5 Å². The van der Waals surface area contributed by atoms with Crippen molar-refractivity contribution in [1.29, 1.82) is 0 Å². The van der Waals surface area contributed by atoms with Crippen LogP contribution in [0.1, 0.15) is 18.1 Å². The van der Waals surface area contributed by atoms with E-state index in [1.807, 2.05) is 56.4 Å². The first-order valence-electron chi connectivity index (χ1n) is 9.63. The number of benzene rings is 2. The van der Waals surface area contributed by atoms with Crippen molar-refractivity contribution in [2.45, 2.75) is 19.9 Å². The normalized spacial score (nSPS) is 11.4. The summed E-state index contributed by atoms with van der Waals surface area (Å²) in [5.41, 5.74) is 2.87. The van der Waals surface area contributed by atoms with Crippen LogP contribution in [0.15, 0.2) is 42.5 Å². The van der Waals surface area contributed by atoms with E-state index in [0.29, 0.717) is 18.0 Å². The van der Waals surface area contributed by atoms with Gasteiger partial charge in [0.25, 0.3) is 5.91 Å². The Bertz CT molecular complexity index is 839. The third-order valence-electron chi connectivity index (χ3n) is 4.53. The average molecular weight is 400 g/mol. The summed E-state index contributed by atoms with van der Waals surface area (Å²) in [4.78, 5) is 25.3. The van der Waals surface area contributed by atoms with Crippen LogP contribution in [0.4, 0.5) is 5.69 Å². The predicted octanol–water partition coefficient (Wildman–Crippen LogP) is 1.04. The third-order valence-corrected chi connectivity index (χ3v) is 4.53. The number of amides is 2. The number of hydrogen-bond donors (Lipinski definition) is 3. The lowest BCUT2D eigenvalue weighted by atomic mass is 10.1. The van der Waals surface area contributed by atoms with Gasteiger partial charge in [0.1, 0.15) is 6.54 Å². The molecule has 0 heterocycles. The molecule has 0 saturated carbocycles. The highest BCUT2D eigenvalue weighted by molar-refractivity contribution is 5.95. The lowest BCUT2D eigenvalue weighted by molar-refractivity contribution is -0.885. The molecule has 2 rings (SSSR count). The number of para-hydroxylation sites is 1. The molecule has 1 atom stereocenters. The maximum Gasteiger partial charge on any atom is 0.275 e. The summed E-state index contributed by atoms with van der Waals surface area (Å²) in [6.07, 6.45) is 0.827. The van der Waals surface area contributed by atoms with E-state index >= 15 is 0 Å². The zero-order chi connectivity index (χ0) is 21.2. The van der Waals surface area contributed by atoms with Crippen molar-refractivity contribution in [3.63, 3.8) is 0 Å². The molecule has 0 bridgehead atoms. The Morgan fingerprint density at radius 1 is 1.00 bits per heavy atom. The molecule has 0 aliphatic heterocycles. The van der Waals surface area contributed by atoms with Crippen LogP contribution < -0.4 is 25.0 Å². The zero-order valence-corrected chi connectivity index (χ0v) is 17.5. The number of hydrogen-bond acceptors (Lipinski definition) is 4. The summed E-state index contributed by atoms with van der Waals surface area (Å²) in [5.74, 6) is 0.910. The Labute approximate surface area is 172 Å². The van der Waals surface area contributed by atoms with Gasteiger partial charge in [0.2, 0.25) is 5.91 Å². The second-order valence-corrected chi connectivity index (χ2v) is 6.84. The van der Waals surface area contributed by atoms with Crippen LogP contribution in [0, 0.1) is 0 Å². The van der Waals surface area contributed by atoms with Crippen molar-refractivity contribution in [2.24, 2.45) is 0 Å². The molecule has 7 heteroatoms. The molecule has 0 spiro atoms. The molecule has 7 nitrogen and oxygen atoms in total. The molecule has 29 heavy (non-hydrogen) atoms. The Morgan fingerprint density at radius 3 is 2.41 bits per heavy atom. The molecule has 0 aliphatic carbocycles. The molecule has 2 amide bonds. The maximum absolute atomic E-state index is 12.2. The van der Waals surface area contributed by atoms with E-state index in [1.54, 1.807) is 14.2 Å². The number of methoxy groups -OCH3 is 2. The van der Waals surface area contributed by atoms with Crippen molar-refractivity contribution < 1.29 is 24.0 Å². The number of quaternary nitrogens is 1. The Morgan fingerprint density at radius 2 is 1.72 bits per heavy atom. The van der Waals surface area contributed by atoms with E-state index in [9.17, 15) is 9.59 Å². The summed E-state index contributed by atoms with van der Waals surface area (Å²) in [5, 5.41) is 5.53. The first-order valence-corrected chi connectivity index (χ1v) is 9.63. The molecule has 2 aromatic carbocycles. The molecule has 0 saturated heterocycles. The Kier molecular flexibility index (Phi) is 8.48. The van der Waals surface area contributed by atoms with E-state index < -0.39 is 0 Å². The highest BCUT2D eigenvalue weighted by atomic mass is 16.5. The summed E-state index contributed by atoms with van der Waals surface area (Å²) >= 11 is 0. The van der Waals surface area contributed by atoms with Crippen LogP contribution in [0.2, 0.25) is 0 Å². The first kappa shape index (κ1) is 22.2. The van der Waals surface area contributed by atoms with Crippen molar-refractivity contribution in [1.82, 2.24) is 5.32 Å². The first-order chi connectivity index (χ1) is 14.0. The molecule has 3 N–H and O–H groups in total. The van der Waals surface area contributed by atoms with Gasteiger partial charge in [-0.1, -0.05) is 25.1 Å². The third kappa shape index (κ3) is 6.80. The van der Waals surface area contributed by atoms with E-state index in [2.05, 4.69) is 10.6 Å². The minimum absolute atomic E-state index is 0.0550. The molecular weight excluding hydrogens is 370 g/mol. The van der Waals surface area contributed by atoms with Gasteiger partial charge in [0.05, 0.1) is 27.8 Å². The molecule has 0 aliphatic rings. The van der Waals surface area contributed by atoms with Gasteiger partial charge in [-0.25, -0.2) is 0 Å². The van der Waals surface area contributed by atoms with Gasteiger partial charge < -0.3 is 25.0 Å². The largest absolute Gasteiger partial charge is 0.493 e. The van der Waals surface area contributed by atoms with Crippen molar-refractivity contribution >= 4 is 17.5 Å². The van der Waals surface area contributed by atoms with Gasteiger partial charge in [-0.15, -0.1) is 0 Å². The van der Waals surface area contributed by atoms with E-state index in [0.717, 1.165) is 28.1 Å². The summed E-state index contributed by atoms with van der Waals surface area (Å²) < 4.78 is 10.6. The summed E-state index contributed by atoms with van der Waals surface area (Å²) in [6.45, 7) is 2.88. The Balaban J connectivity index is 1.80. The lowest BCUT2D eigenvalue weighted by Crippen LogP contribution is -3.08. The second-order valence-electron chi connectivity index (χ2n) is 6.84. The van der Waals surface area contributed by atoms with Crippen molar-refractivity contribution in [2.75, 3.05) is 39.7 Å². The fraction of sp³-hybridized carbons (Fsp3) is 0.364. The van der Waals surface area contributed by atoms with Crippen LogP contribution in [-0.4, -0.2) is 46.2 Å². The van der Waals surface area contributed by atoms with E-state index in [4.69, 9.17) is 9.47 Å². The molecule has 2 aromatic rings. The standard InChI is InChI=1S/C22H29N3O4/c1-5-17-8-6-7-9-18(17)24-21(26)13-23-22(27)15-25(2)14-16-10-11-19(28-3)20(12-16)29-4/h6-12H,5,13-15H2,1-4H3,(H,23,27)(H,24,26)/p+1. The number of aryl methyl sites for hydroxylation is 1. The molecule has 0 radical (unpaired) electrons. The molecule has 0 aromatic heterocycles. The van der Waals surface area contributed by atoms with Crippen LogP contribution in [0.3, 0.4) is 0 Å². The van der Waals surface area contributed by atoms with Crippen LogP contribution in [0.5, 0.6) is 11.5 Å². The van der Waals surface area contributed by atoms with Crippen LogP contribution in [-0.2, 0) is 22.6 Å². The van der Waals surface area contributed by atoms with Gasteiger partial charge in [0.15, 0.2) is 18.0 Å². The molecule has 156 valence electrons. The highest BCUT2D eigenvalue weighted by Gasteiger charge is 2.14. The number of carbonyl (C=O) groups excluding carboxylic acids is 2. The molecular formula is C22H30N3O4+. The average Bonchev–Trinajstić information content (AvgIpc) is 2.72. The van der Waals surface area contributed by atoms with Crippen LogP contribution in [0.25, 0.3) is 0 Å². The number of carbonyl (C=O) groups is 2. The number of likely N-dealkylation sites (N-methyl/N-ethyl adjacent to an activating group) is 1. The maximum atomic E-state index is 12.2. The van der Waals surface area contributed by atoms with Crippen LogP contribution >= 0.6 is 0 Å². The van der Waals surface area contributed by atoms with E-state index in [-0.39, 0.29) is 24.9 Å². The van der Waals surface area contributed by atoms with Gasteiger partial charge in [0, 0.05) is 11.3 Å². The van der Waals surface area contributed by atoms with Crippen molar-refractivity contribution in [3.05, 3.63) is 53.6 Å². The van der Waals surface area contributed by atoms with Gasteiger partial charge in [-0.05, 0) is 36.2 Å². The van der Waals surface area contributed by atoms with Gasteiger partial charge in [-0.2, -0.15) is 0 Å². The predicted molar refractivity (Wildman–Crippen MR) is 112 cm³/mol. The molecule has 1 unspecified atom stereocenters. The quantitative estimate of drug-likeness (QED) is 0.557. The van der Waals surface area contributed by atoms with Gasteiger partial charge in [-0.3, -0.25) is 9.59 Å². The van der Waals surface area contributed by atoms with Gasteiger partial charge >= 0.3 is 0 Å². The fourth-order valence-electron chi connectivity index (χ4n) is 3.06. The number of ether oxygens (including phenoxy) is 2. The smallest absolute Gasteiger partial charge is 0.275 e. The minimum Gasteiger partial charge on any atom is -0.493 e. The Hall–Kier alpha value is -3.06. The lowest BCUT2D eigenvalue weighted by Gasteiger charge is -2.15. The zero-order valence-electron chi connectivity index (χ0n) is 17.5. The topological polar surface area (TPSA) is 81.1 Å². The monoisotopic (exact) mass is 400 g/mol.